The molecule has 0 spiro atoms. The summed E-state index contributed by atoms with van der Waals surface area (Å²) >= 11 is 0. The number of amides is 2. The summed E-state index contributed by atoms with van der Waals surface area (Å²) in [4.78, 5) is 36.7. The molecule has 0 aromatic heterocycles. The Morgan fingerprint density at radius 1 is 0.964 bits per heavy atom. The number of nitrogens with one attached hydrogen (secondary N) is 1. The molecule has 0 aliphatic carbocycles. The molecule has 28 heavy (non-hydrogen) atoms. The zero-order valence-electron chi connectivity index (χ0n) is 15.5. The Morgan fingerprint density at radius 3 is 1.86 bits per heavy atom. The first-order valence-electron chi connectivity index (χ1n) is 8.75. The average molecular weight is 385 g/mol. The second kappa shape index (κ2) is 10.1. The van der Waals surface area contributed by atoms with Crippen molar-refractivity contribution in [1.82, 2.24) is 10.2 Å². The number of carbonyl (C=O) groups is 3. The Hall–Kier alpha value is -3.39. The summed E-state index contributed by atoms with van der Waals surface area (Å²) in [6.07, 6.45) is 0. The van der Waals surface area contributed by atoms with Crippen LogP contribution in [-0.4, -0.2) is 58.8 Å². The van der Waals surface area contributed by atoms with Crippen molar-refractivity contribution >= 4 is 29.3 Å². The molecule has 8 heteroatoms. The molecule has 0 saturated carbocycles. The zero-order valence-corrected chi connectivity index (χ0v) is 15.5. The average Bonchev–Trinajstić information content (AvgIpc) is 2.69. The van der Waals surface area contributed by atoms with Gasteiger partial charge in [0.05, 0.1) is 11.4 Å². The smallest absolute Gasteiger partial charge is 0.329 e. The van der Waals surface area contributed by atoms with Gasteiger partial charge < -0.3 is 20.4 Å². The molecule has 1 heterocycles. The highest BCUT2D eigenvalue weighted by Crippen LogP contribution is 2.27. The maximum Gasteiger partial charge on any atom is 0.329 e. The van der Waals surface area contributed by atoms with Crippen molar-refractivity contribution in [2.75, 3.05) is 24.5 Å². The number of nitrogens with zero attached hydrogens (tertiary/aromatic N) is 2. The first kappa shape index (κ1) is 20.9. The van der Waals surface area contributed by atoms with E-state index in [1.165, 1.54) is 4.90 Å². The van der Waals surface area contributed by atoms with Crippen LogP contribution in [0.15, 0.2) is 60.7 Å². The first-order chi connectivity index (χ1) is 13.4. The van der Waals surface area contributed by atoms with Crippen LogP contribution in [0.4, 0.5) is 16.2 Å². The van der Waals surface area contributed by atoms with Gasteiger partial charge in [0.15, 0.2) is 0 Å². The summed E-state index contributed by atoms with van der Waals surface area (Å²) in [5.41, 5.74) is 1.41. The van der Waals surface area contributed by atoms with Crippen LogP contribution in [-0.2, 0) is 9.59 Å². The van der Waals surface area contributed by atoms with Gasteiger partial charge in [-0.25, -0.2) is 9.59 Å². The molecule has 1 fully saturated rings. The maximum absolute atomic E-state index is 13.2. The van der Waals surface area contributed by atoms with E-state index in [4.69, 9.17) is 9.90 Å². The summed E-state index contributed by atoms with van der Waals surface area (Å²) in [7, 11) is 0. The van der Waals surface area contributed by atoms with Crippen molar-refractivity contribution in [2.45, 2.75) is 13.0 Å². The number of hydrogen-bond acceptors (Lipinski definition) is 4. The van der Waals surface area contributed by atoms with Crippen LogP contribution < -0.4 is 10.2 Å². The van der Waals surface area contributed by atoms with E-state index in [1.807, 2.05) is 60.7 Å². The minimum Gasteiger partial charge on any atom is -0.481 e. The number of hydrogen-bond donors (Lipinski definition) is 3. The van der Waals surface area contributed by atoms with E-state index < -0.39 is 18.0 Å². The van der Waals surface area contributed by atoms with Gasteiger partial charge in [-0.1, -0.05) is 36.4 Å². The Bertz CT molecular complexity index is 755. The van der Waals surface area contributed by atoms with Gasteiger partial charge in [0.2, 0.25) is 0 Å². The third-order valence-electron chi connectivity index (χ3n) is 3.99. The fourth-order valence-corrected chi connectivity index (χ4v) is 2.81. The van der Waals surface area contributed by atoms with Crippen molar-refractivity contribution in [2.24, 2.45) is 0 Å². The van der Waals surface area contributed by atoms with E-state index >= 15 is 0 Å². The monoisotopic (exact) mass is 385 g/mol. The molecule has 2 amide bonds. The molecule has 2 aromatic rings. The van der Waals surface area contributed by atoms with Gasteiger partial charge in [-0.3, -0.25) is 9.69 Å². The van der Waals surface area contributed by atoms with Crippen LogP contribution >= 0.6 is 0 Å². The molecular formula is C20H23N3O5. The molecule has 148 valence electrons. The fourth-order valence-electron chi connectivity index (χ4n) is 2.81. The third-order valence-corrected chi connectivity index (χ3v) is 3.99. The highest BCUT2D eigenvalue weighted by Gasteiger charge is 2.35. The van der Waals surface area contributed by atoms with Crippen LogP contribution in [0.3, 0.4) is 0 Å². The quantitative estimate of drug-likeness (QED) is 0.748. The fraction of sp³-hybridized carbons (Fsp3) is 0.250. The van der Waals surface area contributed by atoms with Gasteiger partial charge in [0, 0.05) is 26.6 Å². The lowest BCUT2D eigenvalue weighted by Crippen LogP contribution is -2.59. The number of rotatable bonds is 3. The molecule has 2 aromatic carbocycles. The summed E-state index contributed by atoms with van der Waals surface area (Å²) in [5.74, 6) is -1.84. The topological polar surface area (TPSA) is 110 Å². The van der Waals surface area contributed by atoms with E-state index in [1.54, 1.807) is 4.90 Å². The number of carbonyl (C=O) groups excluding carboxylic acids is 1. The number of urea groups is 1. The van der Waals surface area contributed by atoms with E-state index in [9.17, 15) is 14.7 Å². The number of piperazine rings is 1. The van der Waals surface area contributed by atoms with Crippen molar-refractivity contribution in [3.63, 3.8) is 0 Å². The highest BCUT2D eigenvalue weighted by atomic mass is 16.4. The van der Waals surface area contributed by atoms with Gasteiger partial charge in [0.25, 0.3) is 5.97 Å². The molecular weight excluding hydrogens is 362 g/mol. The summed E-state index contributed by atoms with van der Waals surface area (Å²) in [5, 5.41) is 19.9. The Morgan fingerprint density at radius 2 is 1.43 bits per heavy atom. The molecule has 0 radical (unpaired) electrons. The van der Waals surface area contributed by atoms with Crippen LogP contribution in [0.25, 0.3) is 0 Å². The van der Waals surface area contributed by atoms with E-state index in [0.717, 1.165) is 6.92 Å². The normalized spacial score (nSPS) is 15.8. The molecule has 1 aliphatic rings. The van der Waals surface area contributed by atoms with Crippen molar-refractivity contribution in [1.29, 1.82) is 0 Å². The molecule has 8 nitrogen and oxygen atoms in total. The molecule has 1 aliphatic heterocycles. The third kappa shape index (κ3) is 5.55. The lowest BCUT2D eigenvalue weighted by atomic mass is 10.2. The standard InChI is InChI=1S/C18H19N3O3.C2H4O2/c22-17(23)16-13-19-11-12-20(16)18(24)21(14-7-3-1-4-8-14)15-9-5-2-6-10-15;1-2(3)4/h1-10,16,19H,11-13H2,(H,22,23);1H3,(H,3,4). The molecule has 1 saturated heterocycles. The number of benzene rings is 2. The van der Waals surface area contributed by atoms with Crippen LogP contribution in [0.1, 0.15) is 6.92 Å². The number of anilines is 2. The lowest BCUT2D eigenvalue weighted by molar-refractivity contribution is -0.142. The first-order valence-corrected chi connectivity index (χ1v) is 8.75. The summed E-state index contributed by atoms with van der Waals surface area (Å²) in [6.45, 7) is 2.26. The van der Waals surface area contributed by atoms with Gasteiger partial charge in [-0.15, -0.1) is 0 Å². The predicted octanol–water partition coefficient (Wildman–Crippen LogP) is 2.39. The van der Waals surface area contributed by atoms with E-state index in [2.05, 4.69) is 5.32 Å². The number of para-hydroxylation sites is 2. The largest absolute Gasteiger partial charge is 0.481 e. The molecule has 1 atom stereocenters. The minimum atomic E-state index is -1.00. The zero-order chi connectivity index (χ0) is 20.5. The highest BCUT2D eigenvalue weighted by molar-refractivity contribution is 6.01. The van der Waals surface area contributed by atoms with Crippen molar-refractivity contribution < 1.29 is 24.6 Å². The van der Waals surface area contributed by atoms with Gasteiger partial charge in [-0.2, -0.15) is 0 Å². The van der Waals surface area contributed by atoms with Crippen molar-refractivity contribution in [3.05, 3.63) is 60.7 Å². The maximum atomic E-state index is 13.2. The predicted molar refractivity (Wildman–Crippen MR) is 105 cm³/mol. The number of carboxylic acids is 2. The molecule has 1 unspecified atom stereocenters. The van der Waals surface area contributed by atoms with Crippen LogP contribution in [0, 0.1) is 0 Å². The van der Waals surface area contributed by atoms with Gasteiger partial charge in [0.1, 0.15) is 6.04 Å². The van der Waals surface area contributed by atoms with Gasteiger partial charge in [-0.05, 0) is 24.3 Å². The van der Waals surface area contributed by atoms with E-state index in [0.29, 0.717) is 24.5 Å². The molecule has 3 rings (SSSR count). The SMILES string of the molecule is CC(=O)O.O=C(O)C1CNCCN1C(=O)N(c1ccccc1)c1ccccc1. The molecule has 0 bridgehead atoms. The molecule has 3 N–H and O–H groups in total. The second-order valence-electron chi connectivity index (χ2n) is 6.06. The Labute approximate surface area is 163 Å². The van der Waals surface area contributed by atoms with E-state index in [-0.39, 0.29) is 12.6 Å². The lowest BCUT2D eigenvalue weighted by Gasteiger charge is -2.37. The van der Waals surface area contributed by atoms with Crippen LogP contribution in [0.2, 0.25) is 0 Å². The number of carboxylic acid groups (broad SMARTS) is 2. The van der Waals surface area contributed by atoms with Gasteiger partial charge >= 0.3 is 12.0 Å². The second-order valence-corrected chi connectivity index (χ2v) is 6.06. The van der Waals surface area contributed by atoms with Crippen LogP contribution in [0.5, 0.6) is 0 Å². The Kier molecular flexibility index (Phi) is 7.53. The Balaban J connectivity index is 0.000000640. The summed E-state index contributed by atoms with van der Waals surface area (Å²) < 4.78 is 0. The van der Waals surface area contributed by atoms with Crippen molar-refractivity contribution in [3.8, 4) is 0 Å². The number of aliphatic carboxylic acids is 2. The summed E-state index contributed by atoms with van der Waals surface area (Å²) in [6, 6.07) is 17.3. The minimum absolute atomic E-state index is 0.249.